The van der Waals surface area contributed by atoms with Crippen LogP contribution in [0.5, 0.6) is 0 Å². The Morgan fingerprint density at radius 2 is 1.94 bits per heavy atom. The number of methoxy groups -OCH3 is 2. The molecule has 0 bridgehead atoms. The molecule has 0 N–H and O–H groups in total. The van der Waals surface area contributed by atoms with E-state index in [-0.39, 0.29) is 30.7 Å². The Bertz CT molecular complexity index is 430. The van der Waals surface area contributed by atoms with Crippen LogP contribution in [0, 0.1) is 0 Å². The van der Waals surface area contributed by atoms with Gasteiger partial charge in [-0.25, -0.2) is 0 Å². The van der Waals surface area contributed by atoms with Gasteiger partial charge in [-0.1, -0.05) is 24.3 Å². The van der Waals surface area contributed by atoms with Gasteiger partial charge in [0.25, 0.3) is 0 Å². The molecule has 18 heavy (non-hydrogen) atoms. The highest BCUT2D eigenvalue weighted by Gasteiger charge is 2.35. The topological polar surface area (TPSA) is 44.8 Å². The fourth-order valence-corrected chi connectivity index (χ4v) is 2.43. The van der Waals surface area contributed by atoms with Gasteiger partial charge in [0.2, 0.25) is 0 Å². The lowest BCUT2D eigenvalue weighted by Crippen LogP contribution is -2.33. The van der Waals surface area contributed by atoms with E-state index in [1.807, 2.05) is 31.2 Å². The second-order valence-electron chi connectivity index (χ2n) is 4.38. The monoisotopic (exact) mass is 250 g/mol. The number of hydrogen-bond acceptors (Lipinski definition) is 4. The number of carbonyl (C=O) groups is 1. The third-order valence-electron chi connectivity index (χ3n) is 3.31. The predicted octanol–water partition coefficient (Wildman–Crippen LogP) is 2.40. The minimum atomic E-state index is -0.299. The number of hydrogen-bond donors (Lipinski definition) is 0. The minimum Gasteiger partial charge on any atom is -0.469 e. The normalized spacial score (nSPS) is 26.5. The molecule has 0 saturated carbocycles. The van der Waals surface area contributed by atoms with E-state index >= 15 is 0 Å². The Labute approximate surface area is 107 Å². The van der Waals surface area contributed by atoms with Gasteiger partial charge in [0, 0.05) is 7.11 Å². The van der Waals surface area contributed by atoms with Gasteiger partial charge in [0.1, 0.15) is 6.10 Å². The smallest absolute Gasteiger partial charge is 0.308 e. The number of ether oxygens (including phenoxy) is 3. The number of benzene rings is 1. The number of fused-ring (bicyclic) bond motifs is 1. The van der Waals surface area contributed by atoms with Gasteiger partial charge < -0.3 is 14.2 Å². The van der Waals surface area contributed by atoms with Crippen molar-refractivity contribution < 1.29 is 19.0 Å². The van der Waals surface area contributed by atoms with Gasteiger partial charge in [-0.05, 0) is 18.1 Å². The third-order valence-corrected chi connectivity index (χ3v) is 3.31. The quantitative estimate of drug-likeness (QED) is 0.773. The maximum absolute atomic E-state index is 11.4. The molecular weight excluding hydrogens is 232 g/mol. The van der Waals surface area contributed by atoms with Crippen molar-refractivity contribution in [3.63, 3.8) is 0 Å². The highest BCUT2D eigenvalue weighted by Crippen LogP contribution is 2.39. The van der Waals surface area contributed by atoms with E-state index in [9.17, 15) is 4.79 Å². The van der Waals surface area contributed by atoms with Gasteiger partial charge >= 0.3 is 5.97 Å². The zero-order chi connectivity index (χ0) is 13.1. The van der Waals surface area contributed by atoms with Gasteiger partial charge in [0.15, 0.2) is 0 Å². The van der Waals surface area contributed by atoms with Crippen LogP contribution in [0.3, 0.4) is 0 Å². The van der Waals surface area contributed by atoms with Crippen LogP contribution in [-0.2, 0) is 19.0 Å². The molecule has 0 fully saturated rings. The molecule has 1 aromatic rings. The van der Waals surface area contributed by atoms with Crippen LogP contribution in [0.4, 0.5) is 0 Å². The molecule has 0 spiro atoms. The zero-order valence-corrected chi connectivity index (χ0v) is 10.9. The summed E-state index contributed by atoms with van der Waals surface area (Å²) >= 11 is 0. The van der Waals surface area contributed by atoms with E-state index in [0.717, 1.165) is 11.1 Å². The summed E-state index contributed by atoms with van der Waals surface area (Å²) in [5.74, 6) is -0.284. The summed E-state index contributed by atoms with van der Waals surface area (Å²) in [7, 11) is 3.01. The lowest BCUT2D eigenvalue weighted by Gasteiger charge is -2.35. The van der Waals surface area contributed by atoms with Gasteiger partial charge in [-0.2, -0.15) is 0 Å². The highest BCUT2D eigenvalue weighted by atomic mass is 16.6. The molecule has 1 heterocycles. The van der Waals surface area contributed by atoms with Crippen LogP contribution in [0.2, 0.25) is 0 Å². The molecule has 4 heteroatoms. The van der Waals surface area contributed by atoms with Gasteiger partial charge in [-0.15, -0.1) is 0 Å². The van der Waals surface area contributed by atoms with Crippen LogP contribution < -0.4 is 0 Å². The first kappa shape index (κ1) is 13.1. The largest absolute Gasteiger partial charge is 0.469 e. The SMILES string of the molecule is COC(=O)C[C@@H]1O[C@H](C)c2ccccc2[C@H]1OC. The average molecular weight is 250 g/mol. The van der Waals surface area contributed by atoms with Crippen LogP contribution >= 0.6 is 0 Å². The van der Waals surface area contributed by atoms with Crippen molar-refractivity contribution in [1.29, 1.82) is 0 Å². The average Bonchev–Trinajstić information content (AvgIpc) is 2.39. The summed E-state index contributed by atoms with van der Waals surface area (Å²) in [6.45, 7) is 1.98. The second-order valence-corrected chi connectivity index (χ2v) is 4.38. The van der Waals surface area contributed by atoms with E-state index in [4.69, 9.17) is 14.2 Å². The van der Waals surface area contributed by atoms with E-state index in [0.29, 0.717) is 0 Å². The number of carbonyl (C=O) groups excluding carboxylic acids is 1. The fraction of sp³-hybridized carbons (Fsp3) is 0.500. The molecule has 0 amide bonds. The number of rotatable bonds is 3. The van der Waals surface area contributed by atoms with E-state index in [1.165, 1.54) is 7.11 Å². The van der Waals surface area contributed by atoms with Crippen molar-refractivity contribution in [2.24, 2.45) is 0 Å². The van der Waals surface area contributed by atoms with Crippen molar-refractivity contribution in [3.05, 3.63) is 35.4 Å². The lowest BCUT2D eigenvalue weighted by molar-refractivity contribution is -0.153. The number of esters is 1. The summed E-state index contributed by atoms with van der Waals surface area (Å²) in [5.41, 5.74) is 2.21. The maximum atomic E-state index is 11.4. The van der Waals surface area contributed by atoms with Crippen molar-refractivity contribution in [1.82, 2.24) is 0 Å². The maximum Gasteiger partial charge on any atom is 0.308 e. The van der Waals surface area contributed by atoms with Crippen molar-refractivity contribution >= 4 is 5.97 Å². The van der Waals surface area contributed by atoms with Crippen LogP contribution in [0.25, 0.3) is 0 Å². The Kier molecular flexibility index (Phi) is 3.99. The first-order valence-electron chi connectivity index (χ1n) is 6.01. The minimum absolute atomic E-state index is 0.0396. The molecule has 1 aromatic carbocycles. The van der Waals surface area contributed by atoms with Crippen LogP contribution in [0.15, 0.2) is 24.3 Å². The Balaban J connectivity index is 2.28. The standard InChI is InChI=1S/C14H18O4/c1-9-10-6-4-5-7-11(10)14(17-3)12(18-9)8-13(15)16-2/h4-7,9,12,14H,8H2,1-3H3/t9-,12+,14-/m1/s1. The Hall–Kier alpha value is -1.39. The Morgan fingerprint density at radius 3 is 2.56 bits per heavy atom. The highest BCUT2D eigenvalue weighted by molar-refractivity contribution is 5.70. The molecule has 0 aromatic heterocycles. The molecular formula is C14H18O4. The van der Waals surface area contributed by atoms with Crippen molar-refractivity contribution in [3.8, 4) is 0 Å². The van der Waals surface area contributed by atoms with E-state index in [1.54, 1.807) is 7.11 Å². The van der Waals surface area contributed by atoms with E-state index < -0.39 is 0 Å². The van der Waals surface area contributed by atoms with Crippen molar-refractivity contribution in [2.45, 2.75) is 31.7 Å². The first-order chi connectivity index (χ1) is 8.67. The molecule has 98 valence electrons. The molecule has 4 nitrogen and oxygen atoms in total. The van der Waals surface area contributed by atoms with Crippen molar-refractivity contribution in [2.75, 3.05) is 14.2 Å². The summed E-state index contributed by atoms with van der Waals surface area (Å²) in [5, 5.41) is 0. The first-order valence-corrected chi connectivity index (χ1v) is 6.01. The van der Waals surface area contributed by atoms with Gasteiger partial charge in [0.05, 0.1) is 25.7 Å². The molecule has 0 unspecified atom stereocenters. The molecule has 0 saturated heterocycles. The molecule has 1 aliphatic heterocycles. The molecule has 0 aliphatic carbocycles. The molecule has 0 radical (unpaired) electrons. The van der Waals surface area contributed by atoms with Gasteiger partial charge in [-0.3, -0.25) is 4.79 Å². The van der Waals surface area contributed by atoms with E-state index in [2.05, 4.69) is 0 Å². The summed E-state index contributed by atoms with van der Waals surface area (Å²) in [6.07, 6.45) is -0.362. The van der Waals surface area contributed by atoms with Crippen LogP contribution in [0.1, 0.15) is 36.7 Å². The molecule has 1 aliphatic rings. The molecule has 2 rings (SSSR count). The fourth-order valence-electron chi connectivity index (χ4n) is 2.43. The summed E-state index contributed by atoms with van der Waals surface area (Å²) in [4.78, 5) is 11.4. The summed E-state index contributed by atoms with van der Waals surface area (Å²) < 4.78 is 16.0. The lowest BCUT2D eigenvalue weighted by atomic mass is 9.91. The van der Waals surface area contributed by atoms with Crippen LogP contribution in [-0.4, -0.2) is 26.3 Å². The molecule has 3 atom stereocenters. The second kappa shape index (κ2) is 5.50. The summed E-state index contributed by atoms with van der Waals surface area (Å²) in [6, 6.07) is 8.00. The Morgan fingerprint density at radius 1 is 1.28 bits per heavy atom. The third kappa shape index (κ3) is 2.40. The predicted molar refractivity (Wildman–Crippen MR) is 66.1 cm³/mol. The zero-order valence-electron chi connectivity index (χ0n) is 10.9.